The zero-order chi connectivity index (χ0) is 15.6. The molecule has 1 atom stereocenters. The van der Waals surface area contributed by atoms with Gasteiger partial charge in [-0.05, 0) is 29.2 Å². The fourth-order valence-corrected chi connectivity index (χ4v) is 3.99. The predicted molar refractivity (Wildman–Crippen MR) is 101 cm³/mol. The average Bonchev–Trinajstić information content (AvgIpc) is 2.97. The molecule has 3 nitrogen and oxygen atoms in total. The third-order valence-corrected chi connectivity index (χ3v) is 5.68. The lowest BCUT2D eigenvalue weighted by atomic mass is 9.95. The first kappa shape index (κ1) is 18.4. The molecule has 0 amide bonds. The second-order valence-electron chi connectivity index (χ2n) is 6.99. The lowest BCUT2D eigenvalue weighted by Gasteiger charge is -2.36. The minimum absolute atomic E-state index is 0. The summed E-state index contributed by atoms with van der Waals surface area (Å²) in [5.41, 5.74) is 1.55. The fraction of sp³-hybridized carbons (Fsp3) is 0.500. The van der Waals surface area contributed by atoms with Gasteiger partial charge in [-0.3, -0.25) is 9.88 Å². The maximum Gasteiger partial charge on any atom is 0.0492 e. The Kier molecular flexibility index (Phi) is 6.20. The fourth-order valence-electron chi connectivity index (χ4n) is 2.90. The van der Waals surface area contributed by atoms with Crippen molar-refractivity contribution < 1.29 is 0 Å². The topological polar surface area (TPSA) is 28.2 Å². The van der Waals surface area contributed by atoms with Gasteiger partial charge in [0.25, 0.3) is 0 Å². The molecule has 0 aromatic carbocycles. The van der Waals surface area contributed by atoms with E-state index >= 15 is 0 Å². The summed E-state index contributed by atoms with van der Waals surface area (Å²) in [6.07, 6.45) is 3.85. The molecule has 126 valence electrons. The Hall–Kier alpha value is -0.940. The number of pyridine rings is 1. The highest BCUT2D eigenvalue weighted by molar-refractivity contribution is 7.12. The summed E-state index contributed by atoms with van der Waals surface area (Å²) in [4.78, 5) is 9.79. The average molecular weight is 352 g/mol. The van der Waals surface area contributed by atoms with E-state index < -0.39 is 0 Å². The van der Waals surface area contributed by atoms with Crippen LogP contribution in [0.2, 0.25) is 0 Å². The summed E-state index contributed by atoms with van der Waals surface area (Å²) in [5, 5.41) is 3.51. The van der Waals surface area contributed by atoms with Crippen LogP contribution in [-0.2, 0) is 12.0 Å². The second kappa shape index (κ2) is 7.75. The van der Waals surface area contributed by atoms with E-state index in [9.17, 15) is 0 Å². The number of aromatic nitrogens is 1. The SMILES string of the molecule is CC(C)(C)c1ccc(CN2CCNCC2c2cccnc2)s1.Cl. The molecule has 1 saturated heterocycles. The monoisotopic (exact) mass is 351 g/mol. The molecule has 0 saturated carbocycles. The molecule has 3 rings (SSSR count). The standard InChI is InChI=1S/C18H25N3S.ClH/c1-18(2,3)17-7-6-15(22-17)13-21-10-9-20-12-16(21)14-5-4-8-19-11-14;/h4-8,11,16,20H,9-10,12-13H2,1-3H3;1H. The molecule has 1 aliphatic heterocycles. The molecule has 0 radical (unpaired) electrons. The van der Waals surface area contributed by atoms with Crippen molar-refractivity contribution in [1.82, 2.24) is 15.2 Å². The van der Waals surface area contributed by atoms with E-state index in [2.05, 4.69) is 54.2 Å². The Balaban J connectivity index is 0.00000192. The maximum atomic E-state index is 4.29. The first-order chi connectivity index (χ1) is 10.5. The first-order valence-corrected chi connectivity index (χ1v) is 8.79. The van der Waals surface area contributed by atoms with Crippen molar-refractivity contribution in [2.45, 2.75) is 38.8 Å². The van der Waals surface area contributed by atoms with Gasteiger partial charge in [0.05, 0.1) is 0 Å². The van der Waals surface area contributed by atoms with Crippen molar-refractivity contribution >= 4 is 23.7 Å². The van der Waals surface area contributed by atoms with Gasteiger partial charge in [0.1, 0.15) is 0 Å². The zero-order valence-corrected chi connectivity index (χ0v) is 15.7. The van der Waals surface area contributed by atoms with Crippen LogP contribution in [-0.4, -0.2) is 29.5 Å². The molecule has 0 bridgehead atoms. The molecule has 1 unspecified atom stereocenters. The lowest BCUT2D eigenvalue weighted by Crippen LogP contribution is -2.45. The van der Waals surface area contributed by atoms with Gasteiger partial charge in [0.2, 0.25) is 0 Å². The van der Waals surface area contributed by atoms with Crippen LogP contribution in [0.5, 0.6) is 0 Å². The smallest absolute Gasteiger partial charge is 0.0492 e. The molecular formula is C18H26ClN3S. The van der Waals surface area contributed by atoms with Gasteiger partial charge in [0, 0.05) is 54.4 Å². The number of nitrogens with one attached hydrogen (secondary N) is 1. The van der Waals surface area contributed by atoms with E-state index in [1.165, 1.54) is 15.3 Å². The van der Waals surface area contributed by atoms with Gasteiger partial charge in [0.15, 0.2) is 0 Å². The molecule has 1 N–H and O–H groups in total. The van der Waals surface area contributed by atoms with E-state index in [1.807, 2.05) is 29.8 Å². The van der Waals surface area contributed by atoms with Crippen molar-refractivity contribution in [3.63, 3.8) is 0 Å². The van der Waals surface area contributed by atoms with Gasteiger partial charge in [-0.2, -0.15) is 0 Å². The van der Waals surface area contributed by atoms with Gasteiger partial charge >= 0.3 is 0 Å². The van der Waals surface area contributed by atoms with Crippen LogP contribution in [0.25, 0.3) is 0 Å². The van der Waals surface area contributed by atoms with E-state index in [1.54, 1.807) is 0 Å². The molecule has 2 aromatic rings. The third-order valence-electron chi connectivity index (χ3n) is 4.18. The second-order valence-corrected chi connectivity index (χ2v) is 8.16. The van der Waals surface area contributed by atoms with Gasteiger partial charge in [-0.15, -0.1) is 23.7 Å². The number of nitrogens with zero attached hydrogens (tertiary/aromatic N) is 2. The Labute approximate surface area is 149 Å². The summed E-state index contributed by atoms with van der Waals surface area (Å²) in [6, 6.07) is 9.23. The molecule has 0 aliphatic carbocycles. The highest BCUT2D eigenvalue weighted by Crippen LogP contribution is 2.31. The molecule has 5 heteroatoms. The van der Waals surface area contributed by atoms with E-state index in [0.717, 1.165) is 26.2 Å². The molecular weight excluding hydrogens is 326 g/mol. The quantitative estimate of drug-likeness (QED) is 0.905. The highest BCUT2D eigenvalue weighted by Gasteiger charge is 2.25. The normalized spacial score (nSPS) is 19.3. The summed E-state index contributed by atoms with van der Waals surface area (Å²) in [5.74, 6) is 0. The molecule has 1 fully saturated rings. The Morgan fingerprint density at radius 3 is 2.78 bits per heavy atom. The zero-order valence-electron chi connectivity index (χ0n) is 14.1. The summed E-state index contributed by atoms with van der Waals surface area (Å²) in [7, 11) is 0. The van der Waals surface area contributed by atoms with Crippen LogP contribution in [0.1, 0.15) is 42.1 Å². The van der Waals surface area contributed by atoms with Crippen LogP contribution in [0.15, 0.2) is 36.7 Å². The van der Waals surface area contributed by atoms with Crippen LogP contribution < -0.4 is 5.32 Å². The van der Waals surface area contributed by atoms with Gasteiger partial charge < -0.3 is 5.32 Å². The highest BCUT2D eigenvalue weighted by atomic mass is 35.5. The Morgan fingerprint density at radius 1 is 1.30 bits per heavy atom. The number of thiophene rings is 1. The molecule has 0 spiro atoms. The van der Waals surface area contributed by atoms with E-state index in [0.29, 0.717) is 6.04 Å². The van der Waals surface area contributed by atoms with Gasteiger partial charge in [-0.25, -0.2) is 0 Å². The minimum atomic E-state index is 0. The number of halogens is 1. The third kappa shape index (κ3) is 4.54. The lowest BCUT2D eigenvalue weighted by molar-refractivity contribution is 0.155. The number of hydrogen-bond acceptors (Lipinski definition) is 4. The van der Waals surface area contributed by atoms with Crippen molar-refractivity contribution in [2.24, 2.45) is 0 Å². The predicted octanol–water partition coefficient (Wildman–Crippen LogP) is 4.01. The summed E-state index contributed by atoms with van der Waals surface area (Å²) >= 11 is 1.95. The van der Waals surface area contributed by atoms with Crippen LogP contribution in [0.4, 0.5) is 0 Å². The van der Waals surface area contributed by atoms with Crippen molar-refractivity contribution in [3.05, 3.63) is 52.0 Å². The summed E-state index contributed by atoms with van der Waals surface area (Å²) < 4.78 is 0. The van der Waals surface area contributed by atoms with Crippen molar-refractivity contribution in [2.75, 3.05) is 19.6 Å². The largest absolute Gasteiger partial charge is 0.314 e. The number of rotatable bonds is 3. The summed E-state index contributed by atoms with van der Waals surface area (Å²) in [6.45, 7) is 11.0. The molecule has 3 heterocycles. The van der Waals surface area contributed by atoms with E-state index in [4.69, 9.17) is 0 Å². The van der Waals surface area contributed by atoms with Crippen LogP contribution >= 0.6 is 23.7 Å². The minimum Gasteiger partial charge on any atom is -0.314 e. The first-order valence-electron chi connectivity index (χ1n) is 7.98. The van der Waals surface area contributed by atoms with Crippen molar-refractivity contribution in [1.29, 1.82) is 0 Å². The Morgan fingerprint density at radius 2 is 2.13 bits per heavy atom. The van der Waals surface area contributed by atoms with Gasteiger partial charge in [-0.1, -0.05) is 26.8 Å². The molecule has 23 heavy (non-hydrogen) atoms. The molecule has 2 aromatic heterocycles. The number of piperazine rings is 1. The Bertz CT molecular complexity index is 606. The van der Waals surface area contributed by atoms with Crippen LogP contribution in [0, 0.1) is 0 Å². The molecule has 1 aliphatic rings. The van der Waals surface area contributed by atoms with E-state index in [-0.39, 0.29) is 17.8 Å². The number of hydrogen-bond donors (Lipinski definition) is 1. The van der Waals surface area contributed by atoms with Crippen LogP contribution in [0.3, 0.4) is 0 Å². The van der Waals surface area contributed by atoms with Crippen molar-refractivity contribution in [3.8, 4) is 0 Å². The maximum absolute atomic E-state index is 4.29.